The van der Waals surface area contributed by atoms with Crippen LogP contribution in [0.3, 0.4) is 0 Å². The van der Waals surface area contributed by atoms with Gasteiger partial charge >= 0.3 is 0 Å². The molecule has 1 N–H and O–H groups in total. The highest BCUT2D eigenvalue weighted by Crippen LogP contribution is 2.29. The van der Waals surface area contributed by atoms with Gasteiger partial charge in [0.05, 0.1) is 24.4 Å². The highest BCUT2D eigenvalue weighted by molar-refractivity contribution is 9.10. The zero-order valence-corrected chi connectivity index (χ0v) is 15.3. The van der Waals surface area contributed by atoms with Crippen molar-refractivity contribution in [2.24, 2.45) is 0 Å². The first-order chi connectivity index (χ1) is 11.1. The number of rotatable bonds is 6. The zero-order valence-electron chi connectivity index (χ0n) is 12.9. The normalized spacial score (nSPS) is 10.3. The van der Waals surface area contributed by atoms with Crippen molar-refractivity contribution in [2.75, 3.05) is 25.3 Å². The van der Waals surface area contributed by atoms with Gasteiger partial charge in [-0.05, 0) is 33.8 Å². The van der Waals surface area contributed by atoms with Gasteiger partial charge in [0, 0.05) is 12.3 Å². The Morgan fingerprint density at radius 2 is 2.13 bits per heavy atom. The first kappa shape index (κ1) is 17.6. The summed E-state index contributed by atoms with van der Waals surface area (Å²) < 4.78 is 11.0. The molecule has 0 aliphatic rings. The van der Waals surface area contributed by atoms with Gasteiger partial charge in [0.15, 0.2) is 5.16 Å². The molecule has 2 rings (SSSR count). The van der Waals surface area contributed by atoms with E-state index in [9.17, 15) is 4.79 Å². The third-order valence-electron chi connectivity index (χ3n) is 2.87. The van der Waals surface area contributed by atoms with Crippen LogP contribution in [0.25, 0.3) is 0 Å². The highest BCUT2D eigenvalue weighted by atomic mass is 79.9. The smallest absolute Gasteiger partial charge is 0.275 e. The van der Waals surface area contributed by atoms with Crippen LogP contribution in [0.4, 0.5) is 5.69 Å². The lowest BCUT2D eigenvalue weighted by molar-refractivity contribution is 0.102. The molecule has 122 valence electrons. The Morgan fingerprint density at radius 1 is 1.35 bits per heavy atom. The summed E-state index contributed by atoms with van der Waals surface area (Å²) in [6.45, 7) is 2.00. The molecule has 0 aliphatic heterocycles. The minimum absolute atomic E-state index is 0.265. The maximum absolute atomic E-state index is 12.5. The van der Waals surface area contributed by atoms with Crippen LogP contribution in [0.15, 0.2) is 34.0 Å². The van der Waals surface area contributed by atoms with Crippen LogP contribution in [-0.4, -0.2) is 35.8 Å². The molecule has 0 aliphatic carbocycles. The molecule has 2 aromatic rings. The van der Waals surface area contributed by atoms with Crippen molar-refractivity contribution < 1.29 is 14.3 Å². The van der Waals surface area contributed by atoms with E-state index in [4.69, 9.17) is 9.47 Å². The molecule has 0 unspecified atom stereocenters. The first-order valence-corrected chi connectivity index (χ1v) is 8.55. The largest absolute Gasteiger partial charge is 0.497 e. The topological polar surface area (TPSA) is 73.3 Å². The number of anilines is 1. The van der Waals surface area contributed by atoms with E-state index in [-0.39, 0.29) is 11.6 Å². The van der Waals surface area contributed by atoms with Crippen LogP contribution < -0.4 is 14.8 Å². The number of hydrogen-bond donors (Lipinski definition) is 1. The van der Waals surface area contributed by atoms with Gasteiger partial charge in [-0.25, -0.2) is 9.97 Å². The number of halogens is 1. The first-order valence-electron chi connectivity index (χ1n) is 6.77. The van der Waals surface area contributed by atoms with Crippen molar-refractivity contribution in [3.63, 3.8) is 0 Å². The van der Waals surface area contributed by atoms with E-state index in [1.165, 1.54) is 18.9 Å². The van der Waals surface area contributed by atoms with E-state index >= 15 is 0 Å². The van der Waals surface area contributed by atoms with Gasteiger partial charge in [0.1, 0.15) is 17.2 Å². The van der Waals surface area contributed by atoms with Crippen molar-refractivity contribution in [1.29, 1.82) is 0 Å². The second-order valence-corrected chi connectivity index (χ2v) is 6.39. The van der Waals surface area contributed by atoms with Crippen molar-refractivity contribution in [3.05, 3.63) is 34.6 Å². The highest BCUT2D eigenvalue weighted by Gasteiger charge is 2.16. The molecule has 0 fully saturated rings. The summed E-state index contributed by atoms with van der Waals surface area (Å²) in [6, 6.07) is 5.17. The number of hydrogen-bond acceptors (Lipinski definition) is 6. The summed E-state index contributed by atoms with van der Waals surface area (Å²) in [7, 11) is 3.09. The van der Waals surface area contributed by atoms with Gasteiger partial charge in [-0.3, -0.25) is 4.79 Å². The van der Waals surface area contributed by atoms with Gasteiger partial charge in [-0.15, -0.1) is 0 Å². The Kier molecular flexibility index (Phi) is 6.23. The van der Waals surface area contributed by atoms with E-state index in [2.05, 4.69) is 31.2 Å². The Balaban J connectivity index is 2.30. The monoisotopic (exact) mass is 397 g/mol. The average Bonchev–Trinajstić information content (AvgIpc) is 2.56. The molecule has 8 heteroatoms. The van der Waals surface area contributed by atoms with Gasteiger partial charge in [0.25, 0.3) is 5.91 Å². The predicted molar refractivity (Wildman–Crippen MR) is 93.6 cm³/mol. The Morgan fingerprint density at radius 3 is 2.78 bits per heavy atom. The molecular weight excluding hydrogens is 382 g/mol. The number of aromatic nitrogens is 2. The summed E-state index contributed by atoms with van der Waals surface area (Å²) in [5.74, 6) is 1.62. The lowest BCUT2D eigenvalue weighted by Gasteiger charge is -2.12. The molecule has 1 aromatic heterocycles. The van der Waals surface area contributed by atoms with Crippen molar-refractivity contribution in [2.45, 2.75) is 12.1 Å². The van der Waals surface area contributed by atoms with E-state index in [0.29, 0.717) is 26.8 Å². The molecule has 0 radical (unpaired) electrons. The molecule has 6 nitrogen and oxygen atoms in total. The number of carbonyl (C=O) groups is 1. The number of methoxy groups -OCH3 is 2. The van der Waals surface area contributed by atoms with Crippen molar-refractivity contribution in [3.8, 4) is 11.5 Å². The Labute approximate surface area is 147 Å². The average molecular weight is 398 g/mol. The molecule has 0 spiro atoms. The summed E-state index contributed by atoms with van der Waals surface area (Å²) in [4.78, 5) is 21.0. The van der Waals surface area contributed by atoms with Crippen LogP contribution in [0.2, 0.25) is 0 Å². The summed E-state index contributed by atoms with van der Waals surface area (Å²) in [5, 5.41) is 3.34. The number of ether oxygens (including phenoxy) is 2. The fourth-order valence-electron chi connectivity index (χ4n) is 1.80. The number of thioether (sulfide) groups is 1. The minimum atomic E-state index is -0.358. The fraction of sp³-hybridized carbons (Fsp3) is 0.267. The molecule has 1 aromatic carbocycles. The Hall–Kier alpha value is -1.80. The summed E-state index contributed by atoms with van der Waals surface area (Å²) >= 11 is 4.78. The van der Waals surface area contributed by atoms with Crippen LogP contribution >= 0.6 is 27.7 Å². The fourth-order valence-corrected chi connectivity index (χ4v) is 2.71. The molecule has 0 saturated heterocycles. The third-order valence-corrected chi connectivity index (χ3v) is 4.19. The Bertz CT molecular complexity index is 712. The van der Waals surface area contributed by atoms with E-state index in [0.717, 1.165) is 5.75 Å². The third kappa shape index (κ3) is 4.35. The lowest BCUT2D eigenvalue weighted by Crippen LogP contribution is -2.16. The molecule has 1 amide bonds. The van der Waals surface area contributed by atoms with Crippen LogP contribution in [0.1, 0.15) is 17.4 Å². The summed E-state index contributed by atoms with van der Waals surface area (Å²) in [6.07, 6.45) is 1.57. The minimum Gasteiger partial charge on any atom is -0.497 e. The number of amides is 1. The molecule has 1 heterocycles. The van der Waals surface area contributed by atoms with Crippen molar-refractivity contribution in [1.82, 2.24) is 9.97 Å². The SMILES string of the molecule is CCSc1ncc(Br)c(C(=O)Nc2cc(OC)ccc2OC)n1. The quantitative estimate of drug-likeness (QED) is 0.592. The van der Waals surface area contributed by atoms with E-state index < -0.39 is 0 Å². The molecule has 0 saturated carbocycles. The van der Waals surface area contributed by atoms with E-state index in [1.54, 1.807) is 31.5 Å². The van der Waals surface area contributed by atoms with Gasteiger partial charge in [0.2, 0.25) is 0 Å². The van der Waals surface area contributed by atoms with Gasteiger partial charge < -0.3 is 14.8 Å². The second kappa shape index (κ2) is 8.16. The van der Waals surface area contributed by atoms with Crippen LogP contribution in [0, 0.1) is 0 Å². The molecule has 0 atom stereocenters. The lowest BCUT2D eigenvalue weighted by atomic mass is 10.2. The summed E-state index contributed by atoms with van der Waals surface area (Å²) in [5.41, 5.74) is 0.771. The number of benzene rings is 1. The number of nitrogens with zero attached hydrogens (tertiary/aromatic N) is 2. The maximum Gasteiger partial charge on any atom is 0.275 e. The van der Waals surface area contributed by atoms with Gasteiger partial charge in [-0.1, -0.05) is 18.7 Å². The zero-order chi connectivity index (χ0) is 16.8. The second-order valence-electron chi connectivity index (χ2n) is 4.30. The van der Waals surface area contributed by atoms with Crippen molar-refractivity contribution >= 4 is 39.3 Å². The van der Waals surface area contributed by atoms with Crippen LogP contribution in [-0.2, 0) is 0 Å². The standard InChI is InChI=1S/C15H16BrN3O3S/c1-4-23-15-17-8-10(16)13(19-15)14(20)18-11-7-9(21-2)5-6-12(11)22-3/h5-8H,4H2,1-3H3,(H,18,20). The predicted octanol–water partition coefficient (Wildman–Crippen LogP) is 3.62. The number of nitrogens with one attached hydrogen (secondary N) is 1. The number of carbonyl (C=O) groups excluding carboxylic acids is 1. The molecule has 23 heavy (non-hydrogen) atoms. The molecule has 0 bridgehead atoms. The van der Waals surface area contributed by atoms with Crippen LogP contribution in [0.5, 0.6) is 11.5 Å². The van der Waals surface area contributed by atoms with E-state index in [1.807, 2.05) is 6.92 Å². The maximum atomic E-state index is 12.5. The van der Waals surface area contributed by atoms with Gasteiger partial charge in [-0.2, -0.15) is 0 Å². The molecular formula is C15H16BrN3O3S.